The summed E-state index contributed by atoms with van der Waals surface area (Å²) >= 11 is 0. The molecule has 16 heavy (non-hydrogen) atoms. The summed E-state index contributed by atoms with van der Waals surface area (Å²) in [7, 11) is 0. The van der Waals surface area contributed by atoms with Crippen LogP contribution >= 0.6 is 0 Å². The molecule has 1 heteroatoms. The van der Waals surface area contributed by atoms with Crippen LogP contribution in [-0.2, 0) is 4.79 Å². The van der Waals surface area contributed by atoms with Crippen molar-refractivity contribution in [3.05, 3.63) is 24.3 Å². The zero-order valence-corrected chi connectivity index (χ0v) is 10.3. The van der Waals surface area contributed by atoms with Crippen LogP contribution in [0.15, 0.2) is 24.3 Å². The van der Waals surface area contributed by atoms with Crippen molar-refractivity contribution in [2.75, 3.05) is 0 Å². The first kappa shape index (κ1) is 11.6. The maximum atomic E-state index is 10.8. The summed E-state index contributed by atoms with van der Waals surface area (Å²) in [5.74, 6) is 1.03. The average molecular weight is 218 g/mol. The van der Waals surface area contributed by atoms with Crippen LogP contribution in [0.4, 0.5) is 0 Å². The molecule has 0 aromatic rings. The Morgan fingerprint density at radius 2 is 2.25 bits per heavy atom. The van der Waals surface area contributed by atoms with Crippen LogP contribution in [0.25, 0.3) is 0 Å². The zero-order chi connectivity index (χ0) is 11.8. The fourth-order valence-corrected chi connectivity index (χ4v) is 3.65. The highest BCUT2D eigenvalue weighted by Crippen LogP contribution is 2.54. The van der Waals surface area contributed by atoms with Crippen molar-refractivity contribution in [2.45, 2.75) is 45.4 Å². The summed E-state index contributed by atoms with van der Waals surface area (Å²) in [6, 6.07) is 0. The third-order valence-electron chi connectivity index (χ3n) is 4.84. The average Bonchev–Trinajstić information content (AvgIpc) is 2.27. The number of aldehydes is 1. The maximum Gasteiger partial charge on any atom is 0.145 e. The molecule has 0 aromatic carbocycles. The minimum Gasteiger partial charge on any atom is -0.298 e. The van der Waals surface area contributed by atoms with Crippen LogP contribution in [-0.4, -0.2) is 6.29 Å². The molecule has 0 N–H and O–H groups in total. The number of hydrogen-bond donors (Lipinski definition) is 0. The Balaban J connectivity index is 2.15. The van der Waals surface area contributed by atoms with E-state index in [0.29, 0.717) is 17.3 Å². The fraction of sp³-hybridized carbons (Fsp3) is 0.667. The van der Waals surface area contributed by atoms with Gasteiger partial charge in [-0.25, -0.2) is 0 Å². The highest BCUT2D eigenvalue weighted by molar-refractivity contribution is 5.72. The molecule has 0 aliphatic heterocycles. The molecule has 0 radical (unpaired) electrons. The molecule has 0 bridgehead atoms. The minimum absolute atomic E-state index is 0.408. The minimum atomic E-state index is 0.408. The van der Waals surface area contributed by atoms with Crippen molar-refractivity contribution >= 4 is 6.29 Å². The van der Waals surface area contributed by atoms with E-state index in [2.05, 4.69) is 20.1 Å². The molecule has 2 fully saturated rings. The summed E-state index contributed by atoms with van der Waals surface area (Å²) in [6.45, 7) is 10.5. The Morgan fingerprint density at radius 1 is 1.50 bits per heavy atom. The molecule has 0 aromatic heterocycles. The largest absolute Gasteiger partial charge is 0.298 e. The number of allylic oxidation sites excluding steroid dienone is 2. The molecule has 3 atom stereocenters. The lowest BCUT2D eigenvalue weighted by Gasteiger charge is -2.48. The molecule has 2 saturated carbocycles. The molecule has 0 heterocycles. The molecule has 0 unspecified atom stereocenters. The topological polar surface area (TPSA) is 17.1 Å². The standard InChI is InChI=1S/C15H22O/c1-11-5-4-7-15(3)8-6-13(9-14(11)15)12(2)10-16/h10,13-14H,1-2,4-9H2,3H3/t13-,14-,15-/m0/s1. The highest BCUT2D eigenvalue weighted by atomic mass is 16.1. The van der Waals surface area contributed by atoms with Crippen molar-refractivity contribution in [1.29, 1.82) is 0 Å². The number of carbonyl (C=O) groups is 1. The molecule has 2 aliphatic carbocycles. The first-order chi connectivity index (χ1) is 7.57. The van der Waals surface area contributed by atoms with Gasteiger partial charge in [0.25, 0.3) is 0 Å². The fourth-order valence-electron chi connectivity index (χ4n) is 3.65. The summed E-state index contributed by atoms with van der Waals surface area (Å²) in [4.78, 5) is 10.8. The Hall–Kier alpha value is -0.850. The van der Waals surface area contributed by atoms with Crippen LogP contribution in [0.5, 0.6) is 0 Å². The van der Waals surface area contributed by atoms with E-state index >= 15 is 0 Å². The molecule has 0 spiro atoms. The van der Waals surface area contributed by atoms with E-state index in [0.717, 1.165) is 24.7 Å². The van der Waals surface area contributed by atoms with Gasteiger partial charge < -0.3 is 0 Å². The van der Waals surface area contributed by atoms with Gasteiger partial charge in [-0.05, 0) is 61.3 Å². The van der Waals surface area contributed by atoms with Gasteiger partial charge in [-0.15, -0.1) is 0 Å². The highest BCUT2D eigenvalue weighted by Gasteiger charge is 2.43. The van der Waals surface area contributed by atoms with E-state index in [9.17, 15) is 4.79 Å². The van der Waals surface area contributed by atoms with Gasteiger partial charge in [-0.3, -0.25) is 4.79 Å². The van der Waals surface area contributed by atoms with Crippen molar-refractivity contribution in [2.24, 2.45) is 17.3 Å². The van der Waals surface area contributed by atoms with Gasteiger partial charge in [0.2, 0.25) is 0 Å². The van der Waals surface area contributed by atoms with Gasteiger partial charge in [0, 0.05) is 0 Å². The van der Waals surface area contributed by atoms with Crippen molar-refractivity contribution in [1.82, 2.24) is 0 Å². The van der Waals surface area contributed by atoms with E-state index < -0.39 is 0 Å². The van der Waals surface area contributed by atoms with Crippen molar-refractivity contribution in [3.8, 4) is 0 Å². The normalized spacial score (nSPS) is 38.9. The molecule has 2 rings (SSSR count). The van der Waals surface area contributed by atoms with Crippen LogP contribution in [0.3, 0.4) is 0 Å². The number of carbonyl (C=O) groups excluding carboxylic acids is 1. The van der Waals surface area contributed by atoms with Gasteiger partial charge in [-0.1, -0.05) is 25.7 Å². The third-order valence-corrected chi connectivity index (χ3v) is 4.84. The van der Waals surface area contributed by atoms with Crippen molar-refractivity contribution < 1.29 is 4.79 Å². The maximum absolute atomic E-state index is 10.8. The second kappa shape index (κ2) is 4.20. The molecule has 88 valence electrons. The summed E-state index contributed by atoms with van der Waals surface area (Å²) < 4.78 is 0. The number of fused-ring (bicyclic) bond motifs is 1. The van der Waals surface area contributed by atoms with Crippen LogP contribution in [0.2, 0.25) is 0 Å². The van der Waals surface area contributed by atoms with E-state index in [1.807, 2.05) is 0 Å². The molecule has 2 aliphatic rings. The lowest BCUT2D eigenvalue weighted by atomic mass is 9.56. The Labute approximate surface area is 98.6 Å². The first-order valence-corrected chi connectivity index (χ1v) is 6.38. The van der Waals surface area contributed by atoms with Gasteiger partial charge in [0.15, 0.2) is 0 Å². The monoisotopic (exact) mass is 218 g/mol. The van der Waals surface area contributed by atoms with E-state index in [-0.39, 0.29) is 0 Å². The molecule has 0 saturated heterocycles. The SMILES string of the molecule is C=C(C=O)[C@H]1CC[C@]2(C)CCCC(=C)[C@@H]2C1. The number of rotatable bonds is 2. The summed E-state index contributed by atoms with van der Waals surface area (Å²) in [5, 5.41) is 0. The van der Waals surface area contributed by atoms with Gasteiger partial charge in [-0.2, -0.15) is 0 Å². The molecular formula is C15H22O. The smallest absolute Gasteiger partial charge is 0.145 e. The summed E-state index contributed by atoms with van der Waals surface area (Å²) in [6.07, 6.45) is 8.22. The molecule has 0 amide bonds. The second-order valence-electron chi connectivity index (χ2n) is 5.88. The lowest BCUT2D eigenvalue weighted by Crippen LogP contribution is -2.38. The number of hydrogen-bond acceptors (Lipinski definition) is 1. The second-order valence-corrected chi connectivity index (χ2v) is 5.88. The van der Waals surface area contributed by atoms with Gasteiger partial charge in [0.1, 0.15) is 6.29 Å². The predicted octanol–water partition coefficient (Wildman–Crippen LogP) is 3.90. The lowest BCUT2D eigenvalue weighted by molar-refractivity contribution is -0.105. The first-order valence-electron chi connectivity index (χ1n) is 6.38. The molecular weight excluding hydrogens is 196 g/mol. The van der Waals surface area contributed by atoms with E-state index in [1.54, 1.807) is 0 Å². The van der Waals surface area contributed by atoms with Gasteiger partial charge in [0.05, 0.1) is 0 Å². The van der Waals surface area contributed by atoms with Crippen LogP contribution in [0.1, 0.15) is 45.4 Å². The van der Waals surface area contributed by atoms with Crippen molar-refractivity contribution in [3.63, 3.8) is 0 Å². The zero-order valence-electron chi connectivity index (χ0n) is 10.3. The third kappa shape index (κ3) is 1.88. The van der Waals surface area contributed by atoms with E-state index in [4.69, 9.17) is 0 Å². The van der Waals surface area contributed by atoms with Gasteiger partial charge >= 0.3 is 0 Å². The molecule has 1 nitrogen and oxygen atoms in total. The van der Waals surface area contributed by atoms with E-state index in [1.165, 1.54) is 31.3 Å². The van der Waals surface area contributed by atoms with Crippen LogP contribution < -0.4 is 0 Å². The summed E-state index contributed by atoms with van der Waals surface area (Å²) in [5.41, 5.74) is 2.66. The Bertz CT molecular complexity index is 328. The Kier molecular flexibility index (Phi) is 3.05. The predicted molar refractivity (Wildman–Crippen MR) is 67.1 cm³/mol. The van der Waals surface area contributed by atoms with Crippen LogP contribution in [0, 0.1) is 17.3 Å². The Morgan fingerprint density at radius 3 is 2.94 bits per heavy atom. The quantitative estimate of drug-likeness (QED) is 0.390.